The minimum absolute atomic E-state index is 0.214. The van der Waals surface area contributed by atoms with Crippen molar-refractivity contribution in [2.24, 2.45) is 17.6 Å². The molecule has 114 valence electrons. The van der Waals surface area contributed by atoms with Gasteiger partial charge in [0.1, 0.15) is 0 Å². The Bertz CT molecular complexity index is 619. The molecule has 1 aliphatic heterocycles. The predicted molar refractivity (Wildman–Crippen MR) is 80.8 cm³/mol. The first-order valence-corrected chi connectivity index (χ1v) is 8.59. The summed E-state index contributed by atoms with van der Waals surface area (Å²) in [4.78, 5) is 0.287. The lowest BCUT2D eigenvalue weighted by Crippen LogP contribution is -2.45. The maximum Gasteiger partial charge on any atom is 0.243 e. The van der Waals surface area contributed by atoms with Crippen LogP contribution in [0.1, 0.15) is 18.9 Å². The molecule has 2 N–H and O–H groups in total. The number of sulfonamides is 1. The second-order valence-corrected chi connectivity index (χ2v) is 7.54. The molecule has 0 saturated carbocycles. The summed E-state index contributed by atoms with van der Waals surface area (Å²) in [6.07, 6.45) is 1.13. The molecule has 21 heavy (non-hydrogen) atoms. The van der Waals surface area contributed by atoms with Gasteiger partial charge >= 0.3 is 0 Å². The van der Waals surface area contributed by atoms with Gasteiger partial charge in [0.2, 0.25) is 10.0 Å². The lowest BCUT2D eigenvalue weighted by molar-refractivity contribution is 0.203. The van der Waals surface area contributed by atoms with Crippen LogP contribution in [0, 0.1) is 23.2 Å². The summed E-state index contributed by atoms with van der Waals surface area (Å²) in [7, 11) is -3.47. The summed E-state index contributed by atoms with van der Waals surface area (Å²) < 4.78 is 26.8. The van der Waals surface area contributed by atoms with Crippen LogP contribution in [0.3, 0.4) is 0 Å². The Hall–Kier alpha value is -1.42. The van der Waals surface area contributed by atoms with Gasteiger partial charge in [-0.05, 0) is 42.5 Å². The van der Waals surface area contributed by atoms with Crippen LogP contribution in [0.15, 0.2) is 29.2 Å². The van der Waals surface area contributed by atoms with Crippen LogP contribution < -0.4 is 5.73 Å². The van der Waals surface area contributed by atoms with Crippen molar-refractivity contribution in [1.29, 1.82) is 5.26 Å². The summed E-state index contributed by atoms with van der Waals surface area (Å²) in [5, 5.41) is 8.65. The molecular formula is C15H21N3O2S. The smallest absolute Gasteiger partial charge is 0.243 e. The minimum Gasteiger partial charge on any atom is -0.330 e. The molecule has 1 heterocycles. The molecule has 5 nitrogen and oxygen atoms in total. The molecular weight excluding hydrogens is 286 g/mol. The molecule has 2 unspecified atom stereocenters. The fourth-order valence-electron chi connectivity index (χ4n) is 2.66. The van der Waals surface area contributed by atoms with E-state index >= 15 is 0 Å². The second-order valence-electron chi connectivity index (χ2n) is 5.60. The van der Waals surface area contributed by atoms with Crippen LogP contribution in [0.25, 0.3) is 0 Å². The minimum atomic E-state index is -3.47. The molecule has 1 aliphatic rings. The van der Waals surface area contributed by atoms with E-state index in [9.17, 15) is 8.42 Å². The molecule has 1 aromatic carbocycles. The van der Waals surface area contributed by atoms with E-state index in [1.165, 1.54) is 4.31 Å². The van der Waals surface area contributed by atoms with Crippen LogP contribution in [0.2, 0.25) is 0 Å². The van der Waals surface area contributed by atoms with Gasteiger partial charge in [0.25, 0.3) is 0 Å². The zero-order valence-corrected chi connectivity index (χ0v) is 13.0. The van der Waals surface area contributed by atoms with Crippen molar-refractivity contribution in [1.82, 2.24) is 4.31 Å². The highest BCUT2D eigenvalue weighted by Gasteiger charge is 2.32. The van der Waals surface area contributed by atoms with Gasteiger partial charge in [0.05, 0.1) is 17.4 Å². The molecule has 1 fully saturated rings. The lowest BCUT2D eigenvalue weighted by Gasteiger charge is -2.35. The Balaban J connectivity index is 2.19. The van der Waals surface area contributed by atoms with Crippen molar-refractivity contribution in [3.8, 4) is 6.07 Å². The summed E-state index contributed by atoms with van der Waals surface area (Å²) >= 11 is 0. The Kier molecular flexibility index (Phi) is 4.99. The summed E-state index contributed by atoms with van der Waals surface area (Å²) in [5.74, 6) is 0.672. The quantitative estimate of drug-likeness (QED) is 0.909. The van der Waals surface area contributed by atoms with E-state index in [1.54, 1.807) is 24.3 Å². The van der Waals surface area contributed by atoms with Crippen molar-refractivity contribution < 1.29 is 8.42 Å². The summed E-state index contributed by atoms with van der Waals surface area (Å²) in [6, 6.07) is 8.61. The first-order valence-electron chi connectivity index (χ1n) is 7.15. The number of nitrogens with two attached hydrogens (primary N) is 1. The van der Waals surface area contributed by atoms with Crippen molar-refractivity contribution in [2.75, 3.05) is 19.6 Å². The average Bonchev–Trinajstić information content (AvgIpc) is 2.48. The van der Waals surface area contributed by atoms with Gasteiger partial charge in [-0.25, -0.2) is 8.42 Å². The molecule has 0 radical (unpaired) electrons. The van der Waals surface area contributed by atoms with E-state index in [-0.39, 0.29) is 17.2 Å². The number of hydrogen-bond donors (Lipinski definition) is 1. The van der Waals surface area contributed by atoms with Gasteiger partial charge in [-0.2, -0.15) is 9.57 Å². The first kappa shape index (κ1) is 16.0. The van der Waals surface area contributed by atoms with Crippen molar-refractivity contribution >= 4 is 10.0 Å². The molecule has 2 rings (SSSR count). The van der Waals surface area contributed by atoms with Crippen molar-refractivity contribution in [3.63, 3.8) is 0 Å². The van der Waals surface area contributed by atoms with E-state index < -0.39 is 10.0 Å². The fourth-order valence-corrected chi connectivity index (χ4v) is 4.17. The largest absolute Gasteiger partial charge is 0.330 e. The standard InChI is InChI=1S/C15H21N3O2S/c1-12-7-9-18(11-14(12)10-17)21(19,20)15-4-2-13(3-5-15)6-8-16/h2-5,12,14H,6-7,9-11,17H2,1H3. The van der Waals surface area contributed by atoms with Crippen LogP contribution >= 0.6 is 0 Å². The van der Waals surface area contributed by atoms with E-state index in [0.717, 1.165) is 12.0 Å². The number of nitriles is 1. The SMILES string of the molecule is CC1CCN(S(=O)(=O)c2ccc(CC#N)cc2)CC1CN. The Morgan fingerprint density at radius 3 is 2.62 bits per heavy atom. The molecule has 6 heteroatoms. The molecule has 0 bridgehead atoms. The van der Waals surface area contributed by atoms with Gasteiger partial charge in [-0.3, -0.25) is 0 Å². The van der Waals surface area contributed by atoms with Crippen LogP contribution in [0.4, 0.5) is 0 Å². The third-order valence-electron chi connectivity index (χ3n) is 4.22. The first-order chi connectivity index (χ1) is 9.98. The second kappa shape index (κ2) is 6.56. The molecule has 0 spiro atoms. The molecule has 0 aliphatic carbocycles. The van der Waals surface area contributed by atoms with Crippen molar-refractivity contribution in [3.05, 3.63) is 29.8 Å². The van der Waals surface area contributed by atoms with Crippen LogP contribution in [0.5, 0.6) is 0 Å². The van der Waals surface area contributed by atoms with Gasteiger partial charge < -0.3 is 5.73 Å². The Morgan fingerprint density at radius 1 is 1.38 bits per heavy atom. The Morgan fingerprint density at radius 2 is 2.05 bits per heavy atom. The lowest BCUT2D eigenvalue weighted by atomic mass is 9.88. The summed E-state index contributed by atoms with van der Waals surface area (Å²) in [5.41, 5.74) is 6.56. The number of piperidine rings is 1. The normalized spacial score (nSPS) is 23.7. The third kappa shape index (κ3) is 3.43. The predicted octanol–water partition coefficient (Wildman–Crippen LogP) is 1.36. The van der Waals surface area contributed by atoms with E-state index in [0.29, 0.717) is 25.6 Å². The molecule has 1 saturated heterocycles. The highest BCUT2D eigenvalue weighted by Crippen LogP contribution is 2.27. The molecule has 2 atom stereocenters. The average molecular weight is 307 g/mol. The van der Waals surface area contributed by atoms with E-state index in [2.05, 4.69) is 13.0 Å². The number of rotatable bonds is 4. The van der Waals surface area contributed by atoms with E-state index in [4.69, 9.17) is 11.0 Å². The Labute approximate surface area is 126 Å². The molecule has 0 amide bonds. The van der Waals surface area contributed by atoms with Gasteiger partial charge in [0.15, 0.2) is 0 Å². The zero-order valence-electron chi connectivity index (χ0n) is 12.2. The van der Waals surface area contributed by atoms with Crippen LogP contribution in [-0.2, 0) is 16.4 Å². The van der Waals surface area contributed by atoms with Crippen molar-refractivity contribution in [2.45, 2.75) is 24.7 Å². The van der Waals surface area contributed by atoms with Gasteiger partial charge in [0, 0.05) is 13.1 Å². The highest BCUT2D eigenvalue weighted by atomic mass is 32.2. The number of benzene rings is 1. The monoisotopic (exact) mass is 307 g/mol. The van der Waals surface area contributed by atoms with Gasteiger partial charge in [-0.15, -0.1) is 0 Å². The summed E-state index contributed by atoms with van der Waals surface area (Å²) in [6.45, 7) is 3.66. The topological polar surface area (TPSA) is 87.2 Å². The third-order valence-corrected chi connectivity index (χ3v) is 6.10. The molecule has 0 aromatic heterocycles. The maximum atomic E-state index is 12.6. The zero-order chi connectivity index (χ0) is 15.5. The molecule has 1 aromatic rings. The fraction of sp³-hybridized carbons (Fsp3) is 0.533. The van der Waals surface area contributed by atoms with Gasteiger partial charge in [-0.1, -0.05) is 19.1 Å². The highest BCUT2D eigenvalue weighted by molar-refractivity contribution is 7.89. The van der Waals surface area contributed by atoms with E-state index in [1.807, 2.05) is 0 Å². The number of hydrogen-bond acceptors (Lipinski definition) is 4. The van der Waals surface area contributed by atoms with Crippen LogP contribution in [-0.4, -0.2) is 32.4 Å². The maximum absolute atomic E-state index is 12.6. The number of nitrogens with zero attached hydrogens (tertiary/aromatic N) is 2.